The van der Waals surface area contributed by atoms with Gasteiger partial charge in [0.05, 0.1) is 24.2 Å². The summed E-state index contributed by atoms with van der Waals surface area (Å²) in [5, 5.41) is 10.8. The van der Waals surface area contributed by atoms with Crippen molar-refractivity contribution in [2.45, 2.75) is 12.8 Å². The van der Waals surface area contributed by atoms with Crippen molar-refractivity contribution in [3.05, 3.63) is 58.6 Å². The highest BCUT2D eigenvalue weighted by molar-refractivity contribution is 5.60. The van der Waals surface area contributed by atoms with Crippen LogP contribution in [-0.2, 0) is 0 Å². The average molecular weight is 302 g/mol. The number of rotatable bonds is 8. The van der Waals surface area contributed by atoms with E-state index in [2.05, 4.69) is 0 Å². The third-order valence-corrected chi connectivity index (χ3v) is 3.02. The van der Waals surface area contributed by atoms with E-state index in [1.807, 2.05) is 30.3 Å². The van der Waals surface area contributed by atoms with Gasteiger partial charge < -0.3 is 15.2 Å². The molecule has 0 fully saturated rings. The molecule has 6 heteroatoms. The topological polar surface area (TPSA) is 87.6 Å². The number of anilines is 1. The van der Waals surface area contributed by atoms with Crippen LogP contribution in [-0.4, -0.2) is 18.1 Å². The first-order chi connectivity index (χ1) is 10.7. The third kappa shape index (κ3) is 4.66. The van der Waals surface area contributed by atoms with Gasteiger partial charge in [0.25, 0.3) is 5.69 Å². The van der Waals surface area contributed by atoms with Gasteiger partial charge in [0.2, 0.25) is 0 Å². The van der Waals surface area contributed by atoms with Crippen molar-refractivity contribution in [3.63, 3.8) is 0 Å². The minimum absolute atomic E-state index is 0.133. The molecule has 22 heavy (non-hydrogen) atoms. The lowest BCUT2D eigenvalue weighted by molar-refractivity contribution is -0.384. The van der Waals surface area contributed by atoms with Gasteiger partial charge in [-0.3, -0.25) is 10.1 Å². The van der Waals surface area contributed by atoms with Crippen LogP contribution >= 0.6 is 0 Å². The summed E-state index contributed by atoms with van der Waals surface area (Å²) in [7, 11) is 0. The Hall–Kier alpha value is -2.76. The monoisotopic (exact) mass is 302 g/mol. The van der Waals surface area contributed by atoms with Crippen LogP contribution in [0.5, 0.6) is 11.5 Å². The molecule has 0 bridgehead atoms. The van der Waals surface area contributed by atoms with Gasteiger partial charge in [0, 0.05) is 0 Å². The molecular weight excluding hydrogens is 284 g/mol. The Balaban J connectivity index is 1.68. The lowest BCUT2D eigenvalue weighted by Gasteiger charge is -2.08. The van der Waals surface area contributed by atoms with E-state index in [0.717, 1.165) is 18.6 Å². The first-order valence-electron chi connectivity index (χ1n) is 7.01. The fraction of sp³-hybridized carbons (Fsp3) is 0.250. The van der Waals surface area contributed by atoms with Gasteiger partial charge in [-0.1, -0.05) is 18.2 Å². The largest absolute Gasteiger partial charge is 0.494 e. The number of nitro groups is 1. The zero-order chi connectivity index (χ0) is 15.8. The fourth-order valence-electron chi connectivity index (χ4n) is 1.87. The summed E-state index contributed by atoms with van der Waals surface area (Å²) < 4.78 is 11.1. The highest BCUT2D eigenvalue weighted by Gasteiger charge is 2.12. The predicted octanol–water partition coefficient (Wildman–Crippen LogP) is 3.42. The number of ether oxygens (including phenoxy) is 2. The summed E-state index contributed by atoms with van der Waals surface area (Å²) in [6.07, 6.45) is 1.64. The van der Waals surface area contributed by atoms with Gasteiger partial charge in [0.15, 0.2) is 0 Å². The summed E-state index contributed by atoms with van der Waals surface area (Å²) in [4.78, 5) is 10.3. The average Bonchev–Trinajstić information content (AvgIpc) is 2.53. The zero-order valence-corrected chi connectivity index (χ0v) is 12.1. The molecule has 0 aliphatic carbocycles. The van der Waals surface area contributed by atoms with Crippen molar-refractivity contribution in [2.24, 2.45) is 0 Å². The number of hydrogen-bond acceptors (Lipinski definition) is 5. The van der Waals surface area contributed by atoms with Crippen LogP contribution in [0.2, 0.25) is 0 Å². The molecule has 0 aliphatic heterocycles. The molecule has 116 valence electrons. The van der Waals surface area contributed by atoms with Crippen molar-refractivity contribution in [1.82, 2.24) is 0 Å². The number of nitrogens with zero attached hydrogens (tertiary/aromatic N) is 1. The molecule has 0 atom stereocenters. The molecule has 0 aromatic heterocycles. The number of nitrogens with two attached hydrogens (primary N) is 1. The van der Waals surface area contributed by atoms with Crippen molar-refractivity contribution < 1.29 is 14.4 Å². The minimum atomic E-state index is -0.518. The van der Waals surface area contributed by atoms with Crippen molar-refractivity contribution >= 4 is 11.4 Å². The van der Waals surface area contributed by atoms with E-state index in [0.29, 0.717) is 19.0 Å². The molecule has 0 amide bonds. The molecule has 2 N–H and O–H groups in total. The van der Waals surface area contributed by atoms with E-state index >= 15 is 0 Å². The van der Waals surface area contributed by atoms with E-state index in [-0.39, 0.29) is 11.4 Å². The van der Waals surface area contributed by atoms with Crippen LogP contribution in [0, 0.1) is 10.1 Å². The maximum absolute atomic E-state index is 10.8. The van der Waals surface area contributed by atoms with Gasteiger partial charge in [-0.05, 0) is 37.1 Å². The second-order valence-electron chi connectivity index (χ2n) is 4.69. The molecule has 0 heterocycles. The molecule has 0 aliphatic rings. The van der Waals surface area contributed by atoms with Crippen LogP contribution in [0.3, 0.4) is 0 Å². The summed E-state index contributed by atoms with van der Waals surface area (Å²) in [5.41, 5.74) is 5.52. The van der Waals surface area contributed by atoms with Gasteiger partial charge >= 0.3 is 0 Å². The zero-order valence-electron chi connectivity index (χ0n) is 12.1. The first kappa shape index (κ1) is 15.6. The van der Waals surface area contributed by atoms with E-state index in [1.165, 1.54) is 12.1 Å². The SMILES string of the molecule is Nc1ccc(OCCCCOc2ccccc2)cc1[N+](=O)[O-]. The Kier molecular flexibility index (Phi) is 5.59. The van der Waals surface area contributed by atoms with Crippen LogP contribution in [0.25, 0.3) is 0 Å². The third-order valence-electron chi connectivity index (χ3n) is 3.02. The molecule has 0 saturated heterocycles. The van der Waals surface area contributed by atoms with E-state index in [9.17, 15) is 10.1 Å². The molecule has 2 aromatic rings. The number of para-hydroxylation sites is 1. The maximum atomic E-state index is 10.8. The Labute approximate surface area is 128 Å². The van der Waals surface area contributed by atoms with Crippen LogP contribution in [0.15, 0.2) is 48.5 Å². The second kappa shape index (κ2) is 7.87. The van der Waals surface area contributed by atoms with Crippen LogP contribution < -0.4 is 15.2 Å². The molecule has 0 radical (unpaired) electrons. The summed E-state index contributed by atoms with van der Waals surface area (Å²) >= 11 is 0. The lowest BCUT2D eigenvalue weighted by atomic mass is 10.2. The number of benzene rings is 2. The van der Waals surface area contributed by atoms with Gasteiger partial charge in [0.1, 0.15) is 17.2 Å². The Bertz CT molecular complexity index is 617. The molecule has 0 unspecified atom stereocenters. The second-order valence-corrected chi connectivity index (χ2v) is 4.69. The highest BCUT2D eigenvalue weighted by atomic mass is 16.6. The molecule has 6 nitrogen and oxygen atoms in total. The standard InChI is InChI=1S/C16H18N2O4/c17-15-9-8-14(12-16(15)18(19)20)22-11-5-4-10-21-13-6-2-1-3-7-13/h1-3,6-9,12H,4-5,10-11,17H2. The van der Waals surface area contributed by atoms with Crippen molar-refractivity contribution in [3.8, 4) is 11.5 Å². The lowest BCUT2D eigenvalue weighted by Crippen LogP contribution is -2.03. The smallest absolute Gasteiger partial charge is 0.295 e. The van der Waals surface area contributed by atoms with E-state index < -0.39 is 4.92 Å². The quantitative estimate of drug-likeness (QED) is 0.349. The number of nitrogen functional groups attached to an aromatic ring is 1. The van der Waals surface area contributed by atoms with Crippen LogP contribution in [0.1, 0.15) is 12.8 Å². The Morgan fingerprint density at radius 3 is 2.23 bits per heavy atom. The Morgan fingerprint density at radius 2 is 1.59 bits per heavy atom. The van der Waals surface area contributed by atoms with E-state index in [1.54, 1.807) is 6.07 Å². The predicted molar refractivity (Wildman–Crippen MR) is 84.2 cm³/mol. The number of nitro benzene ring substituents is 1. The fourth-order valence-corrected chi connectivity index (χ4v) is 1.87. The summed E-state index contributed by atoms with van der Waals surface area (Å²) in [6.45, 7) is 1.08. The normalized spacial score (nSPS) is 10.2. The maximum Gasteiger partial charge on any atom is 0.295 e. The van der Waals surface area contributed by atoms with Crippen molar-refractivity contribution in [2.75, 3.05) is 18.9 Å². The molecular formula is C16H18N2O4. The minimum Gasteiger partial charge on any atom is -0.494 e. The van der Waals surface area contributed by atoms with E-state index in [4.69, 9.17) is 15.2 Å². The van der Waals surface area contributed by atoms with Gasteiger partial charge in [-0.25, -0.2) is 0 Å². The first-order valence-corrected chi connectivity index (χ1v) is 7.01. The number of unbranched alkanes of at least 4 members (excludes halogenated alkanes) is 1. The Morgan fingerprint density at radius 1 is 0.955 bits per heavy atom. The van der Waals surface area contributed by atoms with Gasteiger partial charge in [-0.2, -0.15) is 0 Å². The summed E-state index contributed by atoms with van der Waals surface area (Å²) in [6, 6.07) is 14.0. The molecule has 2 rings (SSSR count). The highest BCUT2D eigenvalue weighted by Crippen LogP contribution is 2.26. The van der Waals surface area contributed by atoms with Crippen LogP contribution in [0.4, 0.5) is 11.4 Å². The molecule has 0 spiro atoms. The number of hydrogen-bond donors (Lipinski definition) is 1. The molecule has 2 aromatic carbocycles. The van der Waals surface area contributed by atoms with Gasteiger partial charge in [-0.15, -0.1) is 0 Å². The van der Waals surface area contributed by atoms with Crippen molar-refractivity contribution in [1.29, 1.82) is 0 Å². The molecule has 0 saturated carbocycles. The summed E-state index contributed by atoms with van der Waals surface area (Å²) in [5.74, 6) is 1.29.